The molecule has 40 heavy (non-hydrogen) atoms. The van der Waals surface area contributed by atoms with Gasteiger partial charge in [0.1, 0.15) is 10.6 Å². The maximum Gasteiger partial charge on any atom is 0.293 e. The Morgan fingerprint density at radius 1 is 0.875 bits per heavy atom. The van der Waals surface area contributed by atoms with Crippen molar-refractivity contribution in [2.75, 3.05) is 49.1 Å². The third kappa shape index (κ3) is 7.20. The summed E-state index contributed by atoms with van der Waals surface area (Å²) in [5.74, 6) is 0.375. The number of sulfonamides is 1. The fourth-order valence-electron chi connectivity index (χ4n) is 5.55. The highest BCUT2D eigenvalue weighted by Crippen LogP contribution is 2.35. The molecule has 0 N–H and O–H groups in total. The molecule has 0 aliphatic carbocycles. The van der Waals surface area contributed by atoms with Gasteiger partial charge < -0.3 is 9.80 Å². The predicted octanol–water partition coefficient (Wildman–Crippen LogP) is 6.24. The van der Waals surface area contributed by atoms with E-state index in [9.17, 15) is 18.5 Å². The van der Waals surface area contributed by atoms with Crippen LogP contribution in [0.25, 0.3) is 0 Å². The lowest BCUT2D eigenvalue weighted by molar-refractivity contribution is -0.384. The lowest BCUT2D eigenvalue weighted by Gasteiger charge is -2.32. The van der Waals surface area contributed by atoms with Crippen molar-refractivity contribution >= 4 is 39.0 Å². The number of rotatable bonds is 11. The SMILES string of the molecule is CC(C)CN(CC(C)C)S(=O)(=O)c1cc(N=Cc2ccc(N3CCCC3)c([N+](=O)[O-])c2)ccc1N1CCCCC1. The molecule has 2 heterocycles. The van der Waals surface area contributed by atoms with Gasteiger partial charge in [-0.15, -0.1) is 0 Å². The third-order valence-electron chi connectivity index (χ3n) is 7.40. The summed E-state index contributed by atoms with van der Waals surface area (Å²) in [6, 6.07) is 10.5. The summed E-state index contributed by atoms with van der Waals surface area (Å²) in [5, 5.41) is 11.8. The zero-order valence-electron chi connectivity index (χ0n) is 24.3. The van der Waals surface area contributed by atoms with E-state index in [4.69, 9.17) is 0 Å². The number of nitrogens with zero attached hydrogens (tertiary/aromatic N) is 5. The Morgan fingerprint density at radius 2 is 1.43 bits per heavy atom. The van der Waals surface area contributed by atoms with Gasteiger partial charge in [0.2, 0.25) is 10.0 Å². The number of hydrogen-bond acceptors (Lipinski definition) is 7. The fourth-order valence-corrected chi connectivity index (χ4v) is 7.55. The van der Waals surface area contributed by atoms with Gasteiger partial charge in [-0.05, 0) is 73.8 Å². The van der Waals surface area contributed by atoms with Gasteiger partial charge in [0.15, 0.2) is 0 Å². The average molecular weight is 570 g/mol. The van der Waals surface area contributed by atoms with Crippen LogP contribution in [0.5, 0.6) is 0 Å². The molecule has 0 spiro atoms. The first kappa shape index (κ1) is 30.0. The van der Waals surface area contributed by atoms with E-state index in [1.165, 1.54) is 0 Å². The van der Waals surface area contributed by atoms with Crippen LogP contribution in [0.1, 0.15) is 65.4 Å². The van der Waals surface area contributed by atoms with Crippen LogP contribution in [0.2, 0.25) is 0 Å². The molecule has 2 aliphatic heterocycles. The van der Waals surface area contributed by atoms with E-state index in [-0.39, 0.29) is 27.3 Å². The van der Waals surface area contributed by atoms with Crippen molar-refractivity contribution in [2.24, 2.45) is 16.8 Å². The van der Waals surface area contributed by atoms with Crippen molar-refractivity contribution in [3.63, 3.8) is 0 Å². The van der Waals surface area contributed by atoms with Gasteiger partial charge in [0.05, 0.1) is 16.3 Å². The summed E-state index contributed by atoms with van der Waals surface area (Å²) < 4.78 is 29.9. The Kier molecular flexibility index (Phi) is 9.84. The third-order valence-corrected chi connectivity index (χ3v) is 9.26. The molecule has 0 aromatic heterocycles. The molecule has 4 rings (SSSR count). The van der Waals surface area contributed by atoms with Crippen LogP contribution < -0.4 is 9.80 Å². The number of nitro groups is 1. The van der Waals surface area contributed by atoms with Crippen LogP contribution in [-0.4, -0.2) is 63.1 Å². The molecule has 0 bridgehead atoms. The van der Waals surface area contributed by atoms with E-state index in [1.807, 2.05) is 45.9 Å². The molecule has 0 radical (unpaired) electrons. The fraction of sp³-hybridized carbons (Fsp3) is 0.567. The van der Waals surface area contributed by atoms with Gasteiger partial charge in [-0.25, -0.2) is 8.42 Å². The first-order valence-corrected chi connectivity index (χ1v) is 16.0. The molecule has 2 aromatic carbocycles. The van der Waals surface area contributed by atoms with Crippen molar-refractivity contribution < 1.29 is 13.3 Å². The lowest BCUT2D eigenvalue weighted by atomic mass is 10.1. The van der Waals surface area contributed by atoms with E-state index in [2.05, 4.69) is 14.8 Å². The lowest BCUT2D eigenvalue weighted by Crippen LogP contribution is -2.38. The Balaban J connectivity index is 1.71. The standard InChI is InChI=1S/C30H43N5O4S/c1-23(2)21-34(22-24(3)4)40(38,39)30-19-26(11-13-28(30)33-14-6-5-7-15-33)31-20-25-10-12-27(29(18-25)35(36)37)32-16-8-9-17-32/h10-13,18-20,23-24H,5-9,14-17,21-22H2,1-4H3. The summed E-state index contributed by atoms with van der Waals surface area (Å²) in [4.78, 5) is 20.6. The average Bonchev–Trinajstić information content (AvgIpc) is 3.46. The number of nitro benzene ring substituents is 1. The van der Waals surface area contributed by atoms with E-state index in [1.54, 1.807) is 28.7 Å². The predicted molar refractivity (Wildman–Crippen MR) is 163 cm³/mol. The number of hydrogen-bond donors (Lipinski definition) is 0. The molecule has 0 atom stereocenters. The Hall–Kier alpha value is -2.98. The highest BCUT2D eigenvalue weighted by atomic mass is 32.2. The number of piperidine rings is 1. The van der Waals surface area contributed by atoms with Crippen molar-refractivity contribution in [3.05, 3.63) is 52.1 Å². The Labute approximate surface area is 239 Å². The summed E-state index contributed by atoms with van der Waals surface area (Å²) in [7, 11) is -3.79. The van der Waals surface area contributed by atoms with Gasteiger partial charge in [-0.2, -0.15) is 4.31 Å². The van der Waals surface area contributed by atoms with Crippen molar-refractivity contribution in [1.29, 1.82) is 0 Å². The second-order valence-corrected chi connectivity index (χ2v) is 13.7. The van der Waals surface area contributed by atoms with Crippen LogP contribution in [0.15, 0.2) is 46.3 Å². The molecule has 0 amide bonds. The van der Waals surface area contributed by atoms with Gasteiger partial charge in [-0.1, -0.05) is 33.8 Å². The van der Waals surface area contributed by atoms with Crippen LogP contribution in [0.3, 0.4) is 0 Å². The molecular formula is C30H43N5O4S. The minimum atomic E-state index is -3.79. The summed E-state index contributed by atoms with van der Waals surface area (Å²) in [6.07, 6.45) is 6.86. The minimum absolute atomic E-state index is 0.0626. The Bertz CT molecular complexity index is 1300. The summed E-state index contributed by atoms with van der Waals surface area (Å²) in [6.45, 7) is 12.3. The van der Waals surface area contributed by atoms with Crippen molar-refractivity contribution in [1.82, 2.24) is 4.31 Å². The zero-order valence-corrected chi connectivity index (χ0v) is 25.1. The first-order valence-electron chi connectivity index (χ1n) is 14.5. The molecule has 0 saturated carbocycles. The molecule has 218 valence electrons. The number of aliphatic imine (C=N–C) groups is 1. The summed E-state index contributed by atoms with van der Waals surface area (Å²) >= 11 is 0. The van der Waals surface area contributed by atoms with Crippen molar-refractivity contribution in [2.45, 2.75) is 64.7 Å². The minimum Gasteiger partial charge on any atom is -0.370 e. The van der Waals surface area contributed by atoms with E-state index in [0.717, 1.165) is 64.0 Å². The molecule has 10 heteroatoms. The number of anilines is 2. The molecule has 9 nitrogen and oxygen atoms in total. The monoisotopic (exact) mass is 569 g/mol. The molecule has 0 unspecified atom stereocenters. The van der Waals surface area contributed by atoms with Crippen LogP contribution in [-0.2, 0) is 10.0 Å². The van der Waals surface area contributed by atoms with E-state index in [0.29, 0.717) is 30.0 Å². The second kappa shape index (κ2) is 13.1. The van der Waals surface area contributed by atoms with Crippen molar-refractivity contribution in [3.8, 4) is 0 Å². The quantitative estimate of drug-likeness (QED) is 0.180. The van der Waals surface area contributed by atoms with Gasteiger partial charge in [-0.3, -0.25) is 15.1 Å². The van der Waals surface area contributed by atoms with Gasteiger partial charge >= 0.3 is 0 Å². The molecule has 2 fully saturated rings. The first-order chi connectivity index (χ1) is 19.1. The normalized spacial score (nSPS) is 16.7. The molecule has 2 saturated heterocycles. The molecular weight excluding hydrogens is 526 g/mol. The topological polar surface area (TPSA) is 99.4 Å². The van der Waals surface area contributed by atoms with Crippen LogP contribution in [0, 0.1) is 22.0 Å². The van der Waals surface area contributed by atoms with Gasteiger partial charge in [0.25, 0.3) is 5.69 Å². The number of benzene rings is 2. The van der Waals surface area contributed by atoms with E-state index < -0.39 is 10.0 Å². The molecule has 2 aromatic rings. The van der Waals surface area contributed by atoms with E-state index >= 15 is 0 Å². The maximum absolute atomic E-state index is 14.1. The zero-order chi connectivity index (χ0) is 28.9. The highest BCUT2D eigenvalue weighted by Gasteiger charge is 2.31. The Morgan fingerprint density at radius 3 is 2.00 bits per heavy atom. The van der Waals surface area contributed by atoms with Crippen LogP contribution in [0.4, 0.5) is 22.7 Å². The summed E-state index contributed by atoms with van der Waals surface area (Å²) in [5.41, 5.74) is 2.52. The largest absolute Gasteiger partial charge is 0.370 e. The highest BCUT2D eigenvalue weighted by molar-refractivity contribution is 7.89. The smallest absolute Gasteiger partial charge is 0.293 e. The van der Waals surface area contributed by atoms with Crippen LogP contribution >= 0.6 is 0 Å². The maximum atomic E-state index is 14.1. The van der Waals surface area contributed by atoms with Gasteiger partial charge in [0, 0.05) is 51.5 Å². The second-order valence-electron chi connectivity index (χ2n) is 11.8. The molecule has 2 aliphatic rings.